The van der Waals surface area contributed by atoms with Gasteiger partial charge in [-0.2, -0.15) is 0 Å². The molecule has 3 rings (SSSR count). The van der Waals surface area contributed by atoms with Gasteiger partial charge in [0.05, 0.1) is 12.3 Å². The lowest BCUT2D eigenvalue weighted by atomic mass is 10.2. The first kappa shape index (κ1) is 20.3. The van der Waals surface area contributed by atoms with E-state index in [9.17, 15) is 13.2 Å². The lowest BCUT2D eigenvalue weighted by molar-refractivity contribution is -0.142. The van der Waals surface area contributed by atoms with Crippen molar-refractivity contribution in [2.45, 2.75) is 32.3 Å². The largest absolute Gasteiger partial charge is 0.368 e. The van der Waals surface area contributed by atoms with Crippen LogP contribution in [-0.2, 0) is 19.6 Å². The molecular weight excluding hydrogens is 370 g/mol. The van der Waals surface area contributed by atoms with Crippen molar-refractivity contribution in [3.63, 3.8) is 0 Å². The summed E-state index contributed by atoms with van der Waals surface area (Å²) in [7, 11) is -3.07. The van der Waals surface area contributed by atoms with Crippen molar-refractivity contribution in [1.29, 1.82) is 0 Å². The molecule has 0 aromatic rings. The molecule has 0 radical (unpaired) electrons. The molecule has 3 saturated heterocycles. The Morgan fingerprint density at radius 2 is 1.89 bits per heavy atom. The van der Waals surface area contributed by atoms with Crippen molar-refractivity contribution in [2.24, 2.45) is 4.99 Å². The van der Waals surface area contributed by atoms with Crippen molar-refractivity contribution in [2.75, 3.05) is 64.7 Å². The zero-order chi connectivity index (χ0) is 19.3. The normalized spacial score (nSPS) is 26.6. The summed E-state index contributed by atoms with van der Waals surface area (Å²) in [4.78, 5) is 21.1. The van der Waals surface area contributed by atoms with Crippen LogP contribution in [0.5, 0.6) is 0 Å². The fraction of sp³-hybridized carbons (Fsp3) is 0.882. The van der Waals surface area contributed by atoms with Gasteiger partial charge in [0.1, 0.15) is 6.10 Å². The summed E-state index contributed by atoms with van der Waals surface area (Å²) in [6.45, 7) is 7.64. The SMILES string of the molecule is CCNC(=NCCN1CCCS1(=O)=O)N1CCN(C(=O)C2CCCO2)CC1. The predicted molar refractivity (Wildman–Crippen MR) is 103 cm³/mol. The van der Waals surface area contributed by atoms with Gasteiger partial charge < -0.3 is 19.9 Å². The van der Waals surface area contributed by atoms with Crippen LogP contribution in [0, 0.1) is 0 Å². The number of piperazine rings is 1. The number of aliphatic imine (C=N–C) groups is 1. The van der Waals surface area contributed by atoms with Gasteiger partial charge in [0.2, 0.25) is 10.0 Å². The smallest absolute Gasteiger partial charge is 0.251 e. The van der Waals surface area contributed by atoms with Crippen LogP contribution in [0.4, 0.5) is 0 Å². The van der Waals surface area contributed by atoms with E-state index in [2.05, 4.69) is 15.2 Å². The van der Waals surface area contributed by atoms with Gasteiger partial charge in [-0.1, -0.05) is 0 Å². The van der Waals surface area contributed by atoms with Gasteiger partial charge in [-0.3, -0.25) is 9.79 Å². The van der Waals surface area contributed by atoms with Gasteiger partial charge in [0, 0.05) is 52.4 Å². The molecular formula is C17H31N5O4S. The molecule has 1 N–H and O–H groups in total. The number of nitrogens with one attached hydrogen (secondary N) is 1. The van der Waals surface area contributed by atoms with Crippen LogP contribution >= 0.6 is 0 Å². The maximum atomic E-state index is 12.5. The molecule has 1 atom stereocenters. The molecule has 0 aliphatic carbocycles. The Balaban J connectivity index is 1.50. The summed E-state index contributed by atoms with van der Waals surface area (Å²) in [5, 5.41) is 3.28. The third kappa shape index (κ3) is 5.11. The molecule has 3 aliphatic rings. The van der Waals surface area contributed by atoms with E-state index in [1.807, 2.05) is 11.8 Å². The molecule has 1 unspecified atom stereocenters. The highest BCUT2D eigenvalue weighted by molar-refractivity contribution is 7.89. The molecule has 0 bridgehead atoms. The fourth-order valence-corrected chi connectivity index (χ4v) is 5.27. The molecule has 10 heteroatoms. The highest BCUT2D eigenvalue weighted by Gasteiger charge is 2.31. The second-order valence-electron chi connectivity index (χ2n) is 7.12. The number of hydrogen-bond acceptors (Lipinski definition) is 5. The second-order valence-corrected chi connectivity index (χ2v) is 9.21. The molecule has 3 aliphatic heterocycles. The van der Waals surface area contributed by atoms with E-state index in [4.69, 9.17) is 4.74 Å². The summed E-state index contributed by atoms with van der Waals surface area (Å²) in [6.07, 6.45) is 2.22. The van der Waals surface area contributed by atoms with Crippen LogP contribution in [0.15, 0.2) is 4.99 Å². The molecule has 0 spiro atoms. The highest BCUT2D eigenvalue weighted by Crippen LogP contribution is 2.16. The van der Waals surface area contributed by atoms with Gasteiger partial charge >= 0.3 is 0 Å². The monoisotopic (exact) mass is 401 g/mol. The number of guanidine groups is 1. The van der Waals surface area contributed by atoms with E-state index >= 15 is 0 Å². The lowest BCUT2D eigenvalue weighted by Crippen LogP contribution is -2.55. The Morgan fingerprint density at radius 3 is 2.48 bits per heavy atom. The van der Waals surface area contributed by atoms with Gasteiger partial charge in [0.15, 0.2) is 5.96 Å². The van der Waals surface area contributed by atoms with Crippen LogP contribution in [-0.4, -0.2) is 105 Å². The van der Waals surface area contributed by atoms with Crippen LogP contribution in [0.25, 0.3) is 0 Å². The minimum absolute atomic E-state index is 0.105. The molecule has 0 saturated carbocycles. The standard InChI is InChI=1S/C17H31N5O4S/c1-2-18-17(19-6-8-22-7-4-14-27(22,24)25)21-11-9-20(10-12-21)16(23)15-5-3-13-26-15/h15H,2-14H2,1H3,(H,18,19). The zero-order valence-corrected chi connectivity index (χ0v) is 16.9. The summed E-state index contributed by atoms with van der Waals surface area (Å²) in [5.74, 6) is 1.14. The van der Waals surface area contributed by atoms with Crippen molar-refractivity contribution in [1.82, 2.24) is 19.4 Å². The number of nitrogens with zero attached hydrogens (tertiary/aromatic N) is 4. The zero-order valence-electron chi connectivity index (χ0n) is 16.1. The first-order valence-corrected chi connectivity index (χ1v) is 11.5. The van der Waals surface area contributed by atoms with Gasteiger partial charge in [-0.25, -0.2) is 12.7 Å². The summed E-state index contributed by atoms with van der Waals surface area (Å²) < 4.78 is 30.8. The van der Waals surface area contributed by atoms with E-state index in [1.165, 1.54) is 4.31 Å². The lowest BCUT2D eigenvalue weighted by Gasteiger charge is -2.37. The number of ether oxygens (including phenoxy) is 1. The number of amides is 1. The fourth-order valence-electron chi connectivity index (χ4n) is 3.75. The van der Waals surface area contributed by atoms with Gasteiger partial charge in [-0.15, -0.1) is 0 Å². The highest BCUT2D eigenvalue weighted by atomic mass is 32.2. The van der Waals surface area contributed by atoms with E-state index < -0.39 is 10.0 Å². The van der Waals surface area contributed by atoms with Gasteiger partial charge in [0.25, 0.3) is 5.91 Å². The molecule has 0 aromatic heterocycles. The number of carbonyl (C=O) groups is 1. The number of sulfonamides is 1. The van der Waals surface area contributed by atoms with E-state index in [-0.39, 0.29) is 17.8 Å². The molecule has 27 heavy (non-hydrogen) atoms. The summed E-state index contributed by atoms with van der Waals surface area (Å²) >= 11 is 0. The molecule has 1 amide bonds. The van der Waals surface area contributed by atoms with Crippen LogP contribution < -0.4 is 5.32 Å². The summed E-state index contributed by atoms with van der Waals surface area (Å²) in [6, 6.07) is 0. The van der Waals surface area contributed by atoms with Crippen LogP contribution in [0.2, 0.25) is 0 Å². The summed E-state index contributed by atoms with van der Waals surface area (Å²) in [5.41, 5.74) is 0. The van der Waals surface area contributed by atoms with Crippen LogP contribution in [0.3, 0.4) is 0 Å². The Bertz CT molecular complexity index is 640. The quantitative estimate of drug-likeness (QED) is 0.484. The van der Waals surface area contributed by atoms with Crippen molar-refractivity contribution >= 4 is 21.9 Å². The third-order valence-corrected chi connectivity index (χ3v) is 7.20. The molecule has 3 heterocycles. The van der Waals surface area contributed by atoms with Gasteiger partial charge in [-0.05, 0) is 26.2 Å². The Morgan fingerprint density at radius 1 is 1.15 bits per heavy atom. The predicted octanol–water partition coefficient (Wildman–Crippen LogP) is -0.689. The van der Waals surface area contributed by atoms with Crippen molar-refractivity contribution in [3.8, 4) is 0 Å². The minimum atomic E-state index is -3.07. The molecule has 0 aromatic carbocycles. The maximum absolute atomic E-state index is 12.5. The number of rotatable bonds is 5. The first-order valence-electron chi connectivity index (χ1n) is 9.93. The van der Waals surface area contributed by atoms with Crippen LogP contribution in [0.1, 0.15) is 26.2 Å². The Hall–Kier alpha value is -1.39. The minimum Gasteiger partial charge on any atom is -0.368 e. The van der Waals surface area contributed by atoms with Crippen molar-refractivity contribution < 1.29 is 17.9 Å². The third-order valence-electron chi connectivity index (χ3n) is 5.25. The average Bonchev–Trinajstić information content (AvgIpc) is 3.30. The molecule has 9 nitrogen and oxygen atoms in total. The van der Waals surface area contributed by atoms with Crippen molar-refractivity contribution in [3.05, 3.63) is 0 Å². The maximum Gasteiger partial charge on any atom is 0.251 e. The molecule has 154 valence electrons. The first-order chi connectivity index (χ1) is 13.0. The second kappa shape index (κ2) is 9.20. The van der Waals surface area contributed by atoms with E-state index in [1.54, 1.807) is 0 Å². The topological polar surface area (TPSA) is 94.5 Å². The number of hydrogen-bond donors (Lipinski definition) is 1. The average molecular weight is 402 g/mol. The Kier molecular flexibility index (Phi) is 6.93. The number of carbonyl (C=O) groups excluding carboxylic acids is 1. The van der Waals surface area contributed by atoms with E-state index in [0.29, 0.717) is 58.8 Å². The molecule has 3 fully saturated rings. The Labute approximate surface area is 161 Å². The van der Waals surface area contributed by atoms with E-state index in [0.717, 1.165) is 25.3 Å².